The molecule has 5 aromatic rings. The number of fused-ring (bicyclic) bond motifs is 3. The van der Waals surface area contributed by atoms with E-state index in [2.05, 4.69) is 70.5 Å². The van der Waals surface area contributed by atoms with Crippen LogP contribution in [-0.4, -0.2) is 19.8 Å². The third-order valence-electron chi connectivity index (χ3n) is 7.51. The highest BCUT2D eigenvalue weighted by Gasteiger charge is 2.24. The van der Waals surface area contributed by atoms with Gasteiger partial charge in [-0.15, -0.1) is 0 Å². The lowest BCUT2D eigenvalue weighted by Crippen LogP contribution is -2.03. The highest BCUT2D eigenvalue weighted by molar-refractivity contribution is 6.08. The van der Waals surface area contributed by atoms with Crippen LogP contribution in [0.25, 0.3) is 21.8 Å². The summed E-state index contributed by atoms with van der Waals surface area (Å²) < 4.78 is 2.34. The van der Waals surface area contributed by atoms with Gasteiger partial charge in [-0.3, -0.25) is 0 Å². The Balaban J connectivity index is 1.19. The predicted molar refractivity (Wildman–Crippen MR) is 146 cm³/mol. The topological polar surface area (TPSA) is 70.3 Å². The van der Waals surface area contributed by atoms with Crippen LogP contribution in [0.2, 0.25) is 0 Å². The van der Waals surface area contributed by atoms with Crippen molar-refractivity contribution in [2.24, 2.45) is 0 Å². The summed E-state index contributed by atoms with van der Waals surface area (Å²) in [5.41, 5.74) is 9.75. The van der Waals surface area contributed by atoms with Crippen LogP contribution in [-0.2, 0) is 39.0 Å². The first kappa shape index (κ1) is 22.8. The van der Waals surface area contributed by atoms with E-state index < -0.39 is 0 Å². The van der Waals surface area contributed by atoms with Crippen LogP contribution in [0.3, 0.4) is 0 Å². The summed E-state index contributed by atoms with van der Waals surface area (Å²) >= 11 is 0. The molecule has 0 aliphatic carbocycles. The van der Waals surface area contributed by atoms with E-state index in [4.69, 9.17) is 4.98 Å². The Hall–Kier alpha value is -3.67. The Morgan fingerprint density at radius 1 is 0.778 bits per heavy atom. The van der Waals surface area contributed by atoms with E-state index >= 15 is 0 Å². The molecule has 0 radical (unpaired) electrons. The summed E-state index contributed by atoms with van der Waals surface area (Å²) in [4.78, 5) is 4.82. The third-order valence-corrected chi connectivity index (χ3v) is 7.51. The summed E-state index contributed by atoms with van der Waals surface area (Å²) in [6.45, 7) is 1.02. The molecule has 3 aromatic carbocycles. The van der Waals surface area contributed by atoms with E-state index in [1.54, 1.807) is 0 Å². The quantitative estimate of drug-likeness (QED) is 0.238. The standard InChI is InChI=1S/C31H31N3O2/c35-19-25-26(20-36)30-13-6-18-34(30)29(25)12-5-7-21-14-16-22(17-15-21)32-31-23-8-1-3-10-27(23)33-28-11-4-2-9-24(28)31/h1-4,8-11,14-17,35-36H,5-7,12-13,18-20H2,(H,32,33). The molecule has 0 saturated carbocycles. The molecule has 0 atom stereocenters. The Morgan fingerprint density at radius 3 is 2.11 bits per heavy atom. The monoisotopic (exact) mass is 477 g/mol. The fraction of sp³-hybridized carbons (Fsp3) is 0.258. The largest absolute Gasteiger partial charge is 0.392 e. The fourth-order valence-electron chi connectivity index (χ4n) is 5.79. The normalized spacial score (nSPS) is 12.9. The molecular formula is C31H31N3O2. The Labute approximate surface area is 211 Å². The van der Waals surface area contributed by atoms with Crippen molar-refractivity contribution in [3.8, 4) is 0 Å². The van der Waals surface area contributed by atoms with Crippen molar-refractivity contribution in [3.63, 3.8) is 0 Å². The van der Waals surface area contributed by atoms with Gasteiger partial charge in [-0.2, -0.15) is 0 Å². The molecule has 36 heavy (non-hydrogen) atoms. The molecule has 0 saturated heterocycles. The third kappa shape index (κ3) is 4.04. The van der Waals surface area contributed by atoms with Crippen molar-refractivity contribution in [2.45, 2.75) is 51.9 Å². The summed E-state index contributed by atoms with van der Waals surface area (Å²) in [5.74, 6) is 0. The number of benzene rings is 3. The van der Waals surface area contributed by atoms with Gasteiger partial charge in [-0.1, -0.05) is 48.5 Å². The van der Waals surface area contributed by atoms with Gasteiger partial charge in [-0.05, 0) is 61.9 Å². The van der Waals surface area contributed by atoms with Crippen molar-refractivity contribution in [3.05, 3.63) is 101 Å². The zero-order chi connectivity index (χ0) is 24.5. The lowest BCUT2D eigenvalue weighted by Gasteiger charge is -2.14. The van der Waals surface area contributed by atoms with Crippen LogP contribution in [0.4, 0.5) is 11.4 Å². The Morgan fingerprint density at radius 2 is 1.44 bits per heavy atom. The second-order valence-corrected chi connectivity index (χ2v) is 9.62. The average Bonchev–Trinajstić information content (AvgIpc) is 3.50. The molecule has 1 aliphatic heterocycles. The van der Waals surface area contributed by atoms with Crippen molar-refractivity contribution in [2.75, 3.05) is 5.32 Å². The molecule has 5 heteroatoms. The minimum Gasteiger partial charge on any atom is -0.392 e. The van der Waals surface area contributed by atoms with E-state index in [9.17, 15) is 10.2 Å². The SMILES string of the molecule is OCc1c(CO)c2n(c1CCCc1ccc(Nc3c4ccccc4nc4ccccc34)cc1)CCC2. The number of anilines is 2. The maximum absolute atomic E-state index is 9.95. The summed E-state index contributed by atoms with van der Waals surface area (Å²) in [6.07, 6.45) is 5.02. The molecule has 6 rings (SSSR count). The van der Waals surface area contributed by atoms with Crippen molar-refractivity contribution in [1.29, 1.82) is 0 Å². The van der Waals surface area contributed by atoms with Crippen molar-refractivity contribution in [1.82, 2.24) is 9.55 Å². The molecule has 0 unspecified atom stereocenters. The molecule has 182 valence electrons. The number of nitrogens with one attached hydrogen (secondary N) is 1. The maximum Gasteiger partial charge on any atom is 0.0730 e. The average molecular weight is 478 g/mol. The van der Waals surface area contributed by atoms with Crippen LogP contribution < -0.4 is 5.32 Å². The van der Waals surface area contributed by atoms with Crippen LogP contribution in [0.5, 0.6) is 0 Å². The number of nitrogens with zero attached hydrogens (tertiary/aromatic N) is 2. The molecule has 0 amide bonds. The number of aryl methyl sites for hydroxylation is 1. The number of aliphatic hydroxyl groups excluding tert-OH is 2. The number of rotatable bonds is 8. The van der Waals surface area contributed by atoms with Gasteiger partial charge < -0.3 is 20.1 Å². The van der Waals surface area contributed by atoms with Crippen LogP contribution in [0, 0.1) is 0 Å². The van der Waals surface area contributed by atoms with Gasteiger partial charge in [0.2, 0.25) is 0 Å². The maximum atomic E-state index is 9.95. The first-order valence-corrected chi connectivity index (χ1v) is 12.8. The molecule has 0 spiro atoms. The summed E-state index contributed by atoms with van der Waals surface area (Å²) in [6, 6.07) is 25.2. The Bertz CT molecular complexity index is 1480. The number of aliphatic hydroxyl groups is 2. The highest BCUT2D eigenvalue weighted by Crippen LogP contribution is 2.33. The van der Waals surface area contributed by atoms with Crippen molar-refractivity contribution < 1.29 is 10.2 Å². The van der Waals surface area contributed by atoms with Gasteiger partial charge in [0, 0.05) is 45.5 Å². The summed E-state index contributed by atoms with van der Waals surface area (Å²) in [5, 5.41) is 25.7. The molecule has 1 aliphatic rings. The van der Waals surface area contributed by atoms with Crippen molar-refractivity contribution >= 4 is 33.2 Å². The minimum absolute atomic E-state index is 0.00393. The molecule has 2 aromatic heterocycles. The zero-order valence-electron chi connectivity index (χ0n) is 20.4. The lowest BCUT2D eigenvalue weighted by atomic mass is 10.0. The van der Waals surface area contributed by atoms with E-state index in [1.165, 1.54) is 17.0 Å². The molecular weight excluding hydrogens is 446 g/mol. The van der Waals surface area contributed by atoms with Crippen LogP contribution >= 0.6 is 0 Å². The number of aromatic nitrogens is 2. The van der Waals surface area contributed by atoms with Gasteiger partial charge in [-0.25, -0.2) is 4.98 Å². The lowest BCUT2D eigenvalue weighted by molar-refractivity contribution is 0.259. The van der Waals surface area contributed by atoms with Gasteiger partial charge in [0.1, 0.15) is 0 Å². The van der Waals surface area contributed by atoms with E-state index in [0.717, 1.165) is 83.0 Å². The molecule has 5 nitrogen and oxygen atoms in total. The minimum atomic E-state index is 0.00393. The van der Waals surface area contributed by atoms with Gasteiger partial charge >= 0.3 is 0 Å². The number of para-hydroxylation sites is 2. The highest BCUT2D eigenvalue weighted by atomic mass is 16.3. The first-order valence-electron chi connectivity index (χ1n) is 12.8. The zero-order valence-corrected chi connectivity index (χ0v) is 20.4. The van der Waals surface area contributed by atoms with Crippen LogP contribution in [0.1, 0.15) is 40.9 Å². The van der Waals surface area contributed by atoms with Gasteiger partial charge in [0.15, 0.2) is 0 Å². The summed E-state index contributed by atoms with van der Waals surface area (Å²) in [7, 11) is 0. The molecule has 3 heterocycles. The molecule has 0 bridgehead atoms. The second-order valence-electron chi connectivity index (χ2n) is 9.62. The first-order chi connectivity index (χ1) is 17.8. The van der Waals surface area contributed by atoms with Gasteiger partial charge in [0.25, 0.3) is 0 Å². The predicted octanol–water partition coefficient (Wildman–Crippen LogP) is 6.04. The second kappa shape index (κ2) is 9.76. The van der Waals surface area contributed by atoms with E-state index in [0.29, 0.717) is 0 Å². The van der Waals surface area contributed by atoms with Gasteiger partial charge in [0.05, 0.1) is 29.9 Å². The molecule has 3 N–H and O–H groups in total. The number of hydrogen-bond donors (Lipinski definition) is 3. The number of hydrogen-bond acceptors (Lipinski definition) is 4. The fourth-order valence-corrected chi connectivity index (χ4v) is 5.79. The van der Waals surface area contributed by atoms with E-state index in [-0.39, 0.29) is 13.2 Å². The van der Waals surface area contributed by atoms with E-state index in [1.807, 2.05) is 12.1 Å². The van der Waals surface area contributed by atoms with Crippen LogP contribution in [0.15, 0.2) is 72.8 Å². The Kier molecular flexibility index (Phi) is 6.18. The number of pyridine rings is 1. The smallest absolute Gasteiger partial charge is 0.0730 e. The molecule has 0 fully saturated rings.